The van der Waals surface area contributed by atoms with E-state index < -0.39 is 0 Å². The number of nitrogens with zero attached hydrogens (tertiary/aromatic N) is 1. The zero-order chi connectivity index (χ0) is 15.1. The molecular formula is C17H22N2O2. The maximum Gasteiger partial charge on any atom is 0.212 e. The summed E-state index contributed by atoms with van der Waals surface area (Å²) in [7, 11) is 3.31. The number of methoxy groups -OCH3 is 2. The van der Waals surface area contributed by atoms with E-state index >= 15 is 0 Å². The summed E-state index contributed by atoms with van der Waals surface area (Å²) < 4.78 is 10.4. The number of hydrogen-bond donors (Lipinski definition) is 1. The van der Waals surface area contributed by atoms with E-state index in [1.165, 1.54) is 11.1 Å². The van der Waals surface area contributed by atoms with Crippen LogP contribution in [-0.4, -0.2) is 25.7 Å². The van der Waals surface area contributed by atoms with Crippen LogP contribution in [0.1, 0.15) is 24.1 Å². The van der Waals surface area contributed by atoms with Crippen molar-refractivity contribution in [1.29, 1.82) is 0 Å². The molecule has 0 aliphatic rings. The Labute approximate surface area is 126 Å². The van der Waals surface area contributed by atoms with Gasteiger partial charge in [0.25, 0.3) is 0 Å². The minimum atomic E-state index is 0.236. The molecule has 0 aliphatic heterocycles. The van der Waals surface area contributed by atoms with Crippen LogP contribution in [0.15, 0.2) is 42.6 Å². The molecule has 0 radical (unpaired) electrons. The minimum absolute atomic E-state index is 0.236. The van der Waals surface area contributed by atoms with Gasteiger partial charge in [-0.05, 0) is 36.2 Å². The number of rotatable bonds is 7. The first-order chi connectivity index (χ1) is 10.3. The van der Waals surface area contributed by atoms with Gasteiger partial charge in [0, 0.05) is 18.3 Å². The molecular weight excluding hydrogens is 264 g/mol. The Kier molecular flexibility index (Phi) is 5.58. The number of hydrogen-bond acceptors (Lipinski definition) is 4. The molecule has 2 aromatic rings. The van der Waals surface area contributed by atoms with Crippen molar-refractivity contribution in [3.05, 3.63) is 53.7 Å². The van der Waals surface area contributed by atoms with E-state index in [2.05, 4.69) is 35.4 Å². The highest BCUT2D eigenvalue weighted by Gasteiger charge is 2.12. The van der Waals surface area contributed by atoms with Crippen LogP contribution in [0.5, 0.6) is 11.6 Å². The summed E-state index contributed by atoms with van der Waals surface area (Å²) in [6.45, 7) is 3.02. The van der Waals surface area contributed by atoms with Gasteiger partial charge in [-0.25, -0.2) is 4.98 Å². The molecule has 1 unspecified atom stereocenters. The number of pyridine rings is 1. The predicted octanol–water partition coefficient (Wildman–Crippen LogP) is 2.99. The fourth-order valence-corrected chi connectivity index (χ4v) is 2.30. The molecule has 21 heavy (non-hydrogen) atoms. The van der Waals surface area contributed by atoms with Crippen molar-refractivity contribution in [3.63, 3.8) is 0 Å². The third-order valence-corrected chi connectivity index (χ3v) is 3.39. The fourth-order valence-electron chi connectivity index (χ4n) is 2.30. The van der Waals surface area contributed by atoms with Gasteiger partial charge < -0.3 is 14.8 Å². The van der Waals surface area contributed by atoms with Crippen molar-refractivity contribution < 1.29 is 9.47 Å². The second-order valence-electron chi connectivity index (χ2n) is 4.80. The van der Waals surface area contributed by atoms with Gasteiger partial charge in [-0.1, -0.05) is 25.1 Å². The van der Waals surface area contributed by atoms with Gasteiger partial charge in [0.15, 0.2) is 0 Å². The smallest absolute Gasteiger partial charge is 0.212 e. The second-order valence-corrected chi connectivity index (χ2v) is 4.80. The molecule has 0 bridgehead atoms. The first-order valence-electron chi connectivity index (χ1n) is 7.13. The van der Waals surface area contributed by atoms with Gasteiger partial charge in [0.2, 0.25) is 5.88 Å². The lowest BCUT2D eigenvalue weighted by Gasteiger charge is -2.19. The van der Waals surface area contributed by atoms with E-state index in [9.17, 15) is 0 Å². The maximum atomic E-state index is 5.31. The number of benzene rings is 1. The highest BCUT2D eigenvalue weighted by atomic mass is 16.5. The highest BCUT2D eigenvalue weighted by molar-refractivity contribution is 5.32. The monoisotopic (exact) mass is 286 g/mol. The van der Waals surface area contributed by atoms with Crippen molar-refractivity contribution in [2.45, 2.75) is 19.4 Å². The third-order valence-electron chi connectivity index (χ3n) is 3.39. The zero-order valence-electron chi connectivity index (χ0n) is 12.8. The first-order valence-corrected chi connectivity index (χ1v) is 7.13. The van der Waals surface area contributed by atoms with Crippen LogP contribution in [0, 0.1) is 0 Å². The Balaban J connectivity index is 2.17. The summed E-state index contributed by atoms with van der Waals surface area (Å²) in [5, 5.41) is 3.51. The average Bonchev–Trinajstić information content (AvgIpc) is 2.55. The van der Waals surface area contributed by atoms with Crippen molar-refractivity contribution in [2.75, 3.05) is 20.8 Å². The largest absolute Gasteiger partial charge is 0.497 e. The molecule has 0 spiro atoms. The van der Waals surface area contributed by atoms with E-state index in [0.717, 1.165) is 18.7 Å². The molecule has 1 aromatic carbocycles. The van der Waals surface area contributed by atoms with E-state index in [-0.39, 0.29) is 6.04 Å². The van der Waals surface area contributed by atoms with Crippen LogP contribution >= 0.6 is 0 Å². The van der Waals surface area contributed by atoms with Gasteiger partial charge in [-0.3, -0.25) is 0 Å². The summed E-state index contributed by atoms with van der Waals surface area (Å²) in [5.74, 6) is 1.52. The molecule has 0 saturated heterocycles. The van der Waals surface area contributed by atoms with Gasteiger partial charge in [-0.2, -0.15) is 0 Å². The number of ether oxygens (including phenoxy) is 2. The molecule has 1 heterocycles. The van der Waals surface area contributed by atoms with Crippen LogP contribution in [0.4, 0.5) is 0 Å². The molecule has 0 amide bonds. The Hall–Kier alpha value is -2.07. The molecule has 1 atom stereocenters. The highest BCUT2D eigenvalue weighted by Crippen LogP contribution is 2.22. The van der Waals surface area contributed by atoms with E-state index in [4.69, 9.17) is 9.47 Å². The Morgan fingerprint density at radius 3 is 2.62 bits per heavy atom. The normalized spacial score (nSPS) is 12.0. The van der Waals surface area contributed by atoms with Crippen LogP contribution in [0.2, 0.25) is 0 Å². The van der Waals surface area contributed by atoms with Crippen molar-refractivity contribution >= 4 is 0 Å². The molecule has 4 nitrogen and oxygen atoms in total. The summed E-state index contributed by atoms with van der Waals surface area (Å²) in [6.07, 6.45) is 2.74. The van der Waals surface area contributed by atoms with Crippen molar-refractivity contribution in [1.82, 2.24) is 10.3 Å². The molecule has 4 heteroatoms. The predicted molar refractivity (Wildman–Crippen MR) is 83.9 cm³/mol. The third kappa shape index (κ3) is 4.20. The van der Waals surface area contributed by atoms with Crippen molar-refractivity contribution in [2.24, 2.45) is 0 Å². The van der Waals surface area contributed by atoms with E-state index in [1.807, 2.05) is 24.4 Å². The van der Waals surface area contributed by atoms with Crippen LogP contribution < -0.4 is 14.8 Å². The maximum absolute atomic E-state index is 5.31. The number of likely N-dealkylation sites (N-methyl/N-ethyl adjacent to an activating group) is 1. The van der Waals surface area contributed by atoms with Crippen LogP contribution in [0.25, 0.3) is 0 Å². The molecule has 1 N–H and O–H groups in total. The molecule has 112 valence electrons. The molecule has 2 rings (SSSR count). The van der Waals surface area contributed by atoms with Crippen LogP contribution in [0.3, 0.4) is 0 Å². The minimum Gasteiger partial charge on any atom is -0.497 e. The topological polar surface area (TPSA) is 43.4 Å². The number of nitrogens with one attached hydrogen (secondary N) is 1. The van der Waals surface area contributed by atoms with E-state index in [0.29, 0.717) is 5.88 Å². The summed E-state index contributed by atoms with van der Waals surface area (Å²) >= 11 is 0. The standard InChI is InChI=1S/C17H22N2O2/c1-4-18-16(14-6-5-7-15(11-14)20-2)10-13-8-9-17(21-3)19-12-13/h5-9,11-12,16,18H,4,10H2,1-3H3. The lowest BCUT2D eigenvalue weighted by Crippen LogP contribution is -2.23. The Bertz CT molecular complexity index is 555. The average molecular weight is 286 g/mol. The zero-order valence-corrected chi connectivity index (χ0v) is 12.8. The number of aromatic nitrogens is 1. The summed E-state index contributed by atoms with van der Waals surface area (Å²) in [5.41, 5.74) is 2.39. The SMILES string of the molecule is CCNC(Cc1ccc(OC)nc1)c1cccc(OC)c1. The van der Waals surface area contributed by atoms with Crippen molar-refractivity contribution in [3.8, 4) is 11.6 Å². The first kappa shape index (κ1) is 15.3. The molecule has 0 aliphatic carbocycles. The Morgan fingerprint density at radius 2 is 2.00 bits per heavy atom. The van der Waals surface area contributed by atoms with Gasteiger partial charge in [-0.15, -0.1) is 0 Å². The fraction of sp³-hybridized carbons (Fsp3) is 0.353. The lowest BCUT2D eigenvalue weighted by molar-refractivity contribution is 0.397. The van der Waals surface area contributed by atoms with Gasteiger partial charge >= 0.3 is 0 Å². The summed E-state index contributed by atoms with van der Waals surface area (Å²) in [6, 6.07) is 12.4. The molecule has 0 saturated carbocycles. The lowest BCUT2D eigenvalue weighted by atomic mass is 9.99. The molecule has 0 fully saturated rings. The van der Waals surface area contributed by atoms with E-state index in [1.54, 1.807) is 14.2 Å². The Morgan fingerprint density at radius 1 is 1.14 bits per heavy atom. The van der Waals surface area contributed by atoms with Crippen LogP contribution in [-0.2, 0) is 6.42 Å². The quantitative estimate of drug-likeness (QED) is 0.849. The second kappa shape index (κ2) is 7.64. The van der Waals surface area contributed by atoms with Gasteiger partial charge in [0.05, 0.1) is 14.2 Å². The molecule has 1 aromatic heterocycles. The van der Waals surface area contributed by atoms with Gasteiger partial charge in [0.1, 0.15) is 5.75 Å². The summed E-state index contributed by atoms with van der Waals surface area (Å²) in [4.78, 5) is 4.26.